The minimum Gasteiger partial charge on any atom is -0.480 e. The van der Waals surface area contributed by atoms with Crippen molar-refractivity contribution in [3.8, 4) is 0 Å². The molecule has 176 valence electrons. The minimum absolute atomic E-state index is 0.0602. The van der Waals surface area contributed by atoms with Crippen molar-refractivity contribution in [2.45, 2.75) is 50.4 Å². The van der Waals surface area contributed by atoms with E-state index in [0.717, 1.165) is 6.92 Å². The van der Waals surface area contributed by atoms with Crippen LogP contribution in [0.15, 0.2) is 4.99 Å². The average molecular weight is 446 g/mol. The number of carboxylic acids is 1. The average Bonchev–Trinajstić information content (AvgIpc) is 2.66. The number of primary amides is 1. The van der Waals surface area contributed by atoms with Crippen molar-refractivity contribution in [2.75, 3.05) is 13.1 Å². The van der Waals surface area contributed by atoms with Crippen molar-refractivity contribution < 1.29 is 34.2 Å². The number of aliphatic carboxylic acids is 1. The fourth-order valence-electron chi connectivity index (χ4n) is 2.35. The number of hydrogen-bond acceptors (Lipinski definition) is 8. The van der Waals surface area contributed by atoms with Gasteiger partial charge in [-0.1, -0.05) is 0 Å². The zero-order chi connectivity index (χ0) is 24.1. The predicted octanol–water partition coefficient (Wildman–Crippen LogP) is -5.21. The first-order chi connectivity index (χ1) is 14.4. The van der Waals surface area contributed by atoms with Gasteiger partial charge in [0.05, 0.1) is 19.1 Å². The molecule has 0 spiro atoms. The molecule has 0 aromatic carbocycles. The molecule has 0 aromatic rings. The van der Waals surface area contributed by atoms with Gasteiger partial charge in [0.2, 0.25) is 23.6 Å². The Morgan fingerprint density at radius 1 is 0.968 bits per heavy atom. The Labute approximate surface area is 178 Å². The summed E-state index contributed by atoms with van der Waals surface area (Å²) in [7, 11) is 0. The molecule has 31 heavy (non-hydrogen) atoms. The minimum atomic E-state index is -1.69. The van der Waals surface area contributed by atoms with Crippen LogP contribution in [0.5, 0.6) is 0 Å². The van der Waals surface area contributed by atoms with Crippen LogP contribution in [0, 0.1) is 0 Å². The number of nitrogens with zero attached hydrogens (tertiary/aromatic N) is 1. The second-order valence-corrected chi connectivity index (χ2v) is 6.57. The van der Waals surface area contributed by atoms with E-state index in [1.165, 1.54) is 0 Å². The highest BCUT2D eigenvalue weighted by molar-refractivity contribution is 5.95. The topological polar surface area (TPSA) is 278 Å². The van der Waals surface area contributed by atoms with Crippen LogP contribution >= 0.6 is 0 Å². The molecular formula is C16H30N8O7. The van der Waals surface area contributed by atoms with Gasteiger partial charge in [0, 0.05) is 6.54 Å². The van der Waals surface area contributed by atoms with Crippen molar-refractivity contribution >= 4 is 35.6 Å². The molecule has 0 saturated carbocycles. The molecule has 0 rings (SSSR count). The van der Waals surface area contributed by atoms with E-state index in [2.05, 4.69) is 15.6 Å². The molecule has 0 bridgehead atoms. The second-order valence-electron chi connectivity index (χ2n) is 6.57. The van der Waals surface area contributed by atoms with Crippen LogP contribution in [0.4, 0.5) is 0 Å². The molecule has 15 heteroatoms. The van der Waals surface area contributed by atoms with E-state index in [-0.39, 0.29) is 25.3 Å². The number of aliphatic imine (C=N–C) groups is 1. The van der Waals surface area contributed by atoms with Gasteiger partial charge in [-0.05, 0) is 19.8 Å². The Kier molecular flexibility index (Phi) is 12.2. The van der Waals surface area contributed by atoms with Crippen LogP contribution in [0.25, 0.3) is 0 Å². The van der Waals surface area contributed by atoms with E-state index in [1.54, 1.807) is 0 Å². The number of aliphatic hydroxyl groups is 1. The van der Waals surface area contributed by atoms with Gasteiger partial charge in [-0.3, -0.25) is 24.2 Å². The summed E-state index contributed by atoms with van der Waals surface area (Å²) in [6, 6.07) is -4.40. The summed E-state index contributed by atoms with van der Waals surface area (Å²) in [6.45, 7) is 0.887. The van der Waals surface area contributed by atoms with Gasteiger partial charge in [0.1, 0.15) is 12.1 Å². The van der Waals surface area contributed by atoms with Crippen molar-refractivity contribution in [2.24, 2.45) is 27.9 Å². The van der Waals surface area contributed by atoms with Gasteiger partial charge in [0.25, 0.3) is 0 Å². The van der Waals surface area contributed by atoms with Crippen LogP contribution in [0.3, 0.4) is 0 Å². The molecule has 0 aliphatic rings. The number of amides is 4. The van der Waals surface area contributed by atoms with Gasteiger partial charge >= 0.3 is 5.97 Å². The van der Waals surface area contributed by atoms with Crippen molar-refractivity contribution in [3.63, 3.8) is 0 Å². The maximum Gasteiger partial charge on any atom is 0.328 e. The number of nitrogens with one attached hydrogen (secondary N) is 3. The van der Waals surface area contributed by atoms with Crippen molar-refractivity contribution in [1.29, 1.82) is 0 Å². The summed E-state index contributed by atoms with van der Waals surface area (Å²) in [5, 5.41) is 25.2. The lowest BCUT2D eigenvalue weighted by Gasteiger charge is -2.24. The number of carboxylic acid groups (broad SMARTS) is 1. The van der Waals surface area contributed by atoms with Crippen LogP contribution in [0.1, 0.15) is 26.2 Å². The molecule has 15 nitrogen and oxygen atoms in total. The molecular weight excluding hydrogens is 416 g/mol. The highest BCUT2D eigenvalue weighted by Gasteiger charge is 2.32. The number of guanidine groups is 1. The largest absolute Gasteiger partial charge is 0.480 e. The van der Waals surface area contributed by atoms with Gasteiger partial charge in [-0.15, -0.1) is 0 Å². The molecule has 0 heterocycles. The summed E-state index contributed by atoms with van der Waals surface area (Å²) >= 11 is 0. The molecule has 0 fully saturated rings. The third kappa shape index (κ3) is 11.3. The molecule has 0 saturated heterocycles. The highest BCUT2D eigenvalue weighted by Crippen LogP contribution is 2.03. The predicted molar refractivity (Wildman–Crippen MR) is 108 cm³/mol. The summed E-state index contributed by atoms with van der Waals surface area (Å²) in [6.07, 6.45) is -1.78. The fourth-order valence-corrected chi connectivity index (χ4v) is 2.35. The number of rotatable bonds is 14. The van der Waals surface area contributed by atoms with Crippen LogP contribution in [-0.2, 0) is 24.0 Å². The lowest BCUT2D eigenvalue weighted by Crippen LogP contribution is -2.58. The van der Waals surface area contributed by atoms with Gasteiger partial charge < -0.3 is 49.1 Å². The molecule has 4 atom stereocenters. The van der Waals surface area contributed by atoms with Crippen molar-refractivity contribution in [3.05, 3.63) is 0 Å². The number of nitrogens with two attached hydrogens (primary N) is 4. The van der Waals surface area contributed by atoms with E-state index in [0.29, 0.717) is 0 Å². The van der Waals surface area contributed by atoms with Crippen LogP contribution in [-0.4, -0.2) is 83.1 Å². The zero-order valence-electron chi connectivity index (χ0n) is 17.0. The summed E-state index contributed by atoms with van der Waals surface area (Å²) in [4.78, 5) is 62.9. The Hall–Kier alpha value is -3.46. The number of carbonyl (C=O) groups is 5. The fraction of sp³-hybridized carbons (Fsp3) is 0.625. The summed E-state index contributed by atoms with van der Waals surface area (Å²) < 4.78 is 0. The van der Waals surface area contributed by atoms with Crippen LogP contribution in [0.2, 0.25) is 0 Å². The maximum absolute atomic E-state index is 12.6. The van der Waals surface area contributed by atoms with Crippen LogP contribution < -0.4 is 38.9 Å². The first-order valence-electron chi connectivity index (χ1n) is 9.23. The number of aliphatic hydroxyl groups excluding tert-OH is 1. The first-order valence-corrected chi connectivity index (χ1v) is 9.23. The SMILES string of the molecule is CC(O)C(NC(=O)C(CC(N)=O)NC(=O)C(CCCN=C(N)N)NC(=O)CN)C(=O)O. The normalized spacial score (nSPS) is 14.3. The van der Waals surface area contributed by atoms with E-state index < -0.39 is 66.8 Å². The molecule has 4 amide bonds. The monoisotopic (exact) mass is 446 g/mol. The van der Waals surface area contributed by atoms with E-state index in [1.807, 2.05) is 5.32 Å². The van der Waals surface area contributed by atoms with E-state index in [4.69, 9.17) is 28.0 Å². The molecule has 0 aromatic heterocycles. The smallest absolute Gasteiger partial charge is 0.328 e. The molecule has 13 N–H and O–H groups in total. The maximum atomic E-state index is 12.6. The van der Waals surface area contributed by atoms with E-state index >= 15 is 0 Å². The van der Waals surface area contributed by atoms with E-state index in [9.17, 15) is 29.1 Å². The zero-order valence-corrected chi connectivity index (χ0v) is 17.0. The molecule has 4 unspecified atom stereocenters. The Morgan fingerprint density at radius 3 is 2.00 bits per heavy atom. The molecule has 0 aliphatic heterocycles. The van der Waals surface area contributed by atoms with Gasteiger partial charge in [-0.25, -0.2) is 4.79 Å². The van der Waals surface area contributed by atoms with Gasteiger partial charge in [-0.2, -0.15) is 0 Å². The Balaban J connectivity index is 5.39. The Morgan fingerprint density at radius 2 is 1.55 bits per heavy atom. The lowest BCUT2D eigenvalue weighted by molar-refractivity contribution is -0.145. The molecule has 0 radical (unpaired) electrons. The number of hydrogen-bond donors (Lipinski definition) is 9. The van der Waals surface area contributed by atoms with Gasteiger partial charge in [0.15, 0.2) is 12.0 Å². The highest BCUT2D eigenvalue weighted by atomic mass is 16.4. The summed E-state index contributed by atoms with van der Waals surface area (Å²) in [5.74, 6) is -5.21. The third-order valence-electron chi connectivity index (χ3n) is 3.87. The Bertz CT molecular complexity index is 693. The number of carbonyl (C=O) groups excluding carboxylic acids is 4. The first kappa shape index (κ1) is 27.5. The molecule has 0 aliphatic carbocycles. The lowest BCUT2D eigenvalue weighted by atomic mass is 10.1. The summed E-state index contributed by atoms with van der Waals surface area (Å²) in [5.41, 5.74) is 20.8. The van der Waals surface area contributed by atoms with Crippen molar-refractivity contribution in [1.82, 2.24) is 16.0 Å². The third-order valence-corrected chi connectivity index (χ3v) is 3.87. The standard InChI is InChI=1S/C16H30N8O7/c1-7(25)12(15(30)31)24-14(29)9(5-10(18)26)23-13(28)8(22-11(27)6-17)3-2-4-21-16(19)20/h7-9,12,25H,2-6,17H2,1H3,(H2,18,26)(H,22,27)(H,23,28)(H,24,29)(H,30,31)(H4,19,20,21). The quantitative estimate of drug-likeness (QED) is 0.0694. The second kappa shape index (κ2) is 13.7.